The van der Waals surface area contributed by atoms with Gasteiger partial charge in [-0.1, -0.05) is 60.3 Å². The van der Waals surface area contributed by atoms with E-state index in [1.165, 1.54) is 11.8 Å². The molecule has 8 heteroatoms. The predicted molar refractivity (Wildman–Crippen MR) is 125 cm³/mol. The van der Waals surface area contributed by atoms with Gasteiger partial charge in [0.05, 0.1) is 16.8 Å². The third-order valence-electron chi connectivity index (χ3n) is 5.25. The Morgan fingerprint density at radius 1 is 1.00 bits per heavy atom. The quantitative estimate of drug-likeness (QED) is 0.289. The first-order valence-corrected chi connectivity index (χ1v) is 11.5. The molecule has 5 aromatic rings. The Labute approximate surface area is 186 Å². The number of aromatic nitrogens is 4. The number of benzene rings is 2. The Bertz CT molecular complexity index is 1480. The van der Waals surface area contributed by atoms with Gasteiger partial charge in [-0.05, 0) is 31.5 Å². The van der Waals surface area contributed by atoms with Crippen molar-refractivity contribution in [3.8, 4) is 5.69 Å². The molecule has 0 spiro atoms. The number of hydrogen-bond donors (Lipinski definition) is 0. The Kier molecular flexibility index (Phi) is 4.95. The second kappa shape index (κ2) is 7.79. The van der Waals surface area contributed by atoms with E-state index in [0.29, 0.717) is 21.9 Å². The molecule has 0 amide bonds. The van der Waals surface area contributed by atoms with Gasteiger partial charge in [0.2, 0.25) is 5.78 Å². The fourth-order valence-corrected chi connectivity index (χ4v) is 5.58. The number of carbonyl (C=O) groups excluding carboxylic acids is 1. The van der Waals surface area contributed by atoms with Crippen molar-refractivity contribution in [3.63, 3.8) is 0 Å². The normalized spacial score (nSPS) is 11.4. The average molecular weight is 447 g/mol. The number of thiophene rings is 1. The summed E-state index contributed by atoms with van der Waals surface area (Å²) < 4.78 is 3.49. The molecule has 6 nitrogen and oxygen atoms in total. The molecule has 0 aliphatic heterocycles. The van der Waals surface area contributed by atoms with Gasteiger partial charge in [-0.3, -0.25) is 9.59 Å². The Balaban J connectivity index is 1.69. The van der Waals surface area contributed by atoms with Gasteiger partial charge in [-0.15, -0.1) is 21.5 Å². The molecule has 0 aliphatic carbocycles. The van der Waals surface area contributed by atoms with Crippen LogP contribution in [0, 0.1) is 13.8 Å². The van der Waals surface area contributed by atoms with E-state index in [2.05, 4.69) is 10.2 Å². The van der Waals surface area contributed by atoms with Crippen LogP contribution in [0.15, 0.2) is 70.6 Å². The zero-order valence-electron chi connectivity index (χ0n) is 16.9. The van der Waals surface area contributed by atoms with Crippen molar-refractivity contribution in [1.82, 2.24) is 19.2 Å². The Morgan fingerprint density at radius 3 is 2.39 bits per heavy atom. The number of nitrogens with zero attached hydrogens (tertiary/aromatic N) is 4. The highest BCUT2D eigenvalue weighted by atomic mass is 32.2. The van der Waals surface area contributed by atoms with E-state index in [1.807, 2.05) is 78.9 Å². The fourth-order valence-electron chi connectivity index (χ4n) is 3.55. The van der Waals surface area contributed by atoms with E-state index in [0.717, 1.165) is 21.0 Å². The van der Waals surface area contributed by atoms with E-state index in [1.54, 1.807) is 15.9 Å². The van der Waals surface area contributed by atoms with Crippen molar-refractivity contribution >= 4 is 44.9 Å². The molecule has 0 fully saturated rings. The summed E-state index contributed by atoms with van der Waals surface area (Å²) in [4.78, 5) is 28.0. The minimum Gasteiger partial charge on any atom is -0.293 e. The van der Waals surface area contributed by atoms with Gasteiger partial charge in [-0.25, -0.2) is 8.97 Å². The summed E-state index contributed by atoms with van der Waals surface area (Å²) >= 11 is 2.88. The van der Waals surface area contributed by atoms with Crippen molar-refractivity contribution in [2.45, 2.75) is 19.0 Å². The van der Waals surface area contributed by atoms with Crippen LogP contribution in [0.5, 0.6) is 0 Å². The van der Waals surface area contributed by atoms with Crippen LogP contribution in [0.1, 0.15) is 20.8 Å². The highest BCUT2D eigenvalue weighted by molar-refractivity contribution is 7.99. The van der Waals surface area contributed by atoms with E-state index >= 15 is 0 Å². The number of rotatable bonds is 5. The molecule has 2 aromatic carbocycles. The molecule has 3 aromatic heterocycles. The van der Waals surface area contributed by atoms with Crippen LogP contribution in [0.3, 0.4) is 0 Å². The molecule has 0 bridgehead atoms. The van der Waals surface area contributed by atoms with Gasteiger partial charge in [0.1, 0.15) is 4.83 Å². The molecule has 31 heavy (non-hydrogen) atoms. The maximum atomic E-state index is 13.5. The minimum atomic E-state index is -0.111. The summed E-state index contributed by atoms with van der Waals surface area (Å²) in [7, 11) is 0. The summed E-state index contributed by atoms with van der Waals surface area (Å²) in [6, 6.07) is 18.6. The molecule has 0 saturated carbocycles. The van der Waals surface area contributed by atoms with Crippen LogP contribution >= 0.6 is 23.1 Å². The van der Waals surface area contributed by atoms with Crippen molar-refractivity contribution in [2.24, 2.45) is 0 Å². The first kappa shape index (κ1) is 19.7. The van der Waals surface area contributed by atoms with Gasteiger partial charge in [-0.2, -0.15) is 0 Å². The van der Waals surface area contributed by atoms with Crippen LogP contribution in [-0.2, 0) is 0 Å². The number of hydrogen-bond acceptors (Lipinski definition) is 6. The largest absolute Gasteiger partial charge is 0.293 e. The van der Waals surface area contributed by atoms with E-state index < -0.39 is 0 Å². The van der Waals surface area contributed by atoms with Crippen LogP contribution in [-0.4, -0.2) is 30.7 Å². The van der Waals surface area contributed by atoms with Gasteiger partial charge in [0.15, 0.2) is 10.9 Å². The first-order chi connectivity index (χ1) is 15.1. The lowest BCUT2D eigenvalue weighted by atomic mass is 10.2. The van der Waals surface area contributed by atoms with E-state index in [-0.39, 0.29) is 17.1 Å². The summed E-state index contributed by atoms with van der Waals surface area (Å²) in [6.07, 6.45) is 0. The lowest BCUT2D eigenvalue weighted by Crippen LogP contribution is -2.21. The number of carbonyl (C=O) groups is 1. The van der Waals surface area contributed by atoms with Gasteiger partial charge in [0.25, 0.3) is 5.56 Å². The monoisotopic (exact) mass is 446 g/mol. The summed E-state index contributed by atoms with van der Waals surface area (Å²) in [5.41, 5.74) is 2.24. The second-order valence-corrected chi connectivity index (χ2v) is 9.28. The number of thioether (sulfide) groups is 1. The van der Waals surface area contributed by atoms with E-state index in [9.17, 15) is 9.59 Å². The Hall–Kier alpha value is -3.23. The number of ketones is 1. The van der Waals surface area contributed by atoms with Crippen LogP contribution in [0.4, 0.5) is 0 Å². The standard InChI is InChI=1S/C23H18N4O2S2/c1-14-15(2)31-21-19(14)20(29)26(17-11-7-4-8-12-17)22-24-25-23(27(21)22)30-13-18(28)16-9-5-3-6-10-16/h3-12H,13H2,1-2H3. The third-order valence-corrected chi connectivity index (χ3v) is 7.37. The summed E-state index contributed by atoms with van der Waals surface area (Å²) in [5.74, 6) is 0.702. The highest BCUT2D eigenvalue weighted by Crippen LogP contribution is 2.31. The molecule has 0 saturated heterocycles. The number of fused-ring (bicyclic) bond motifs is 3. The molecule has 3 heterocycles. The average Bonchev–Trinajstić information content (AvgIpc) is 3.34. The fraction of sp³-hybridized carbons (Fsp3) is 0.130. The smallest absolute Gasteiger partial charge is 0.268 e. The molecular weight excluding hydrogens is 428 g/mol. The van der Waals surface area contributed by atoms with Crippen molar-refractivity contribution in [2.75, 3.05) is 5.75 Å². The van der Waals surface area contributed by atoms with Crippen LogP contribution in [0.2, 0.25) is 0 Å². The van der Waals surface area contributed by atoms with Gasteiger partial charge >= 0.3 is 0 Å². The molecular formula is C23H18N4O2S2. The van der Waals surface area contributed by atoms with Gasteiger partial charge in [0, 0.05) is 10.4 Å². The molecule has 154 valence electrons. The molecule has 5 rings (SSSR count). The summed E-state index contributed by atoms with van der Waals surface area (Å²) in [6.45, 7) is 3.97. The predicted octanol–water partition coefficient (Wildman–Crippen LogP) is 4.69. The van der Waals surface area contributed by atoms with Crippen LogP contribution in [0.25, 0.3) is 21.7 Å². The third kappa shape index (κ3) is 3.28. The minimum absolute atomic E-state index is 0.0218. The zero-order chi connectivity index (χ0) is 21.5. The van der Waals surface area contributed by atoms with Crippen molar-refractivity contribution < 1.29 is 4.79 Å². The maximum absolute atomic E-state index is 13.5. The number of aryl methyl sites for hydroxylation is 2. The van der Waals surface area contributed by atoms with Gasteiger partial charge < -0.3 is 0 Å². The van der Waals surface area contributed by atoms with Crippen LogP contribution < -0.4 is 5.56 Å². The van der Waals surface area contributed by atoms with Crippen molar-refractivity contribution in [3.05, 3.63) is 87.0 Å². The first-order valence-electron chi connectivity index (χ1n) is 9.72. The highest BCUT2D eigenvalue weighted by Gasteiger charge is 2.22. The molecule has 0 N–H and O–H groups in total. The molecule has 0 radical (unpaired) electrons. The Morgan fingerprint density at radius 2 is 1.68 bits per heavy atom. The lowest BCUT2D eigenvalue weighted by molar-refractivity contribution is 0.102. The number of para-hydroxylation sites is 1. The topological polar surface area (TPSA) is 69.3 Å². The molecule has 0 unspecified atom stereocenters. The lowest BCUT2D eigenvalue weighted by Gasteiger charge is -2.09. The van der Waals surface area contributed by atoms with Crippen molar-refractivity contribution in [1.29, 1.82) is 0 Å². The molecule has 0 atom stereocenters. The number of Topliss-reactive ketones (excluding diaryl/α,β-unsaturated/α-hetero) is 1. The summed E-state index contributed by atoms with van der Waals surface area (Å²) in [5, 5.41) is 9.95. The SMILES string of the molecule is Cc1sc2c(c1C)c(=O)n(-c1ccccc1)c1nnc(SCC(=O)c3ccccc3)n21. The van der Waals surface area contributed by atoms with E-state index in [4.69, 9.17) is 0 Å². The second-order valence-electron chi connectivity index (χ2n) is 7.14. The molecule has 0 aliphatic rings. The maximum Gasteiger partial charge on any atom is 0.268 e. The zero-order valence-corrected chi connectivity index (χ0v) is 18.5.